The Morgan fingerprint density at radius 3 is 2.92 bits per heavy atom. The molecule has 1 rings (SSSR count). The van der Waals surface area contributed by atoms with Gasteiger partial charge >= 0.3 is 6.09 Å². The minimum Gasteiger partial charge on any atom is -0.465 e. The zero-order valence-corrected chi connectivity index (χ0v) is 8.54. The van der Waals surface area contributed by atoms with Crippen molar-refractivity contribution >= 4 is 22.0 Å². The van der Waals surface area contributed by atoms with Crippen LogP contribution in [0.2, 0.25) is 0 Å². The van der Waals surface area contributed by atoms with E-state index >= 15 is 0 Å². The zero-order chi connectivity index (χ0) is 9.68. The fraction of sp³-hybridized carbons (Fsp3) is 0.222. The summed E-state index contributed by atoms with van der Waals surface area (Å²) in [6, 6.07) is 7.81. The van der Waals surface area contributed by atoms with Gasteiger partial charge in [0.2, 0.25) is 0 Å². The van der Waals surface area contributed by atoms with E-state index in [0.717, 1.165) is 10.0 Å². The summed E-state index contributed by atoms with van der Waals surface area (Å²) in [7, 11) is 0. The van der Waals surface area contributed by atoms with E-state index in [2.05, 4.69) is 21.2 Å². The van der Waals surface area contributed by atoms with E-state index in [1.807, 2.05) is 24.3 Å². The number of rotatable bonds is 3. The van der Waals surface area contributed by atoms with E-state index < -0.39 is 6.09 Å². The second-order valence-electron chi connectivity index (χ2n) is 2.61. The van der Waals surface area contributed by atoms with E-state index in [-0.39, 0.29) is 0 Å². The Morgan fingerprint density at radius 2 is 2.31 bits per heavy atom. The quantitative estimate of drug-likeness (QED) is 0.856. The van der Waals surface area contributed by atoms with Crippen LogP contribution >= 0.6 is 15.9 Å². The van der Waals surface area contributed by atoms with Gasteiger partial charge in [0.25, 0.3) is 0 Å². The number of nitrogens with one attached hydrogen (secondary N) is 1. The average molecular weight is 244 g/mol. The standard InChI is InChI=1S/C9H10BrNO2/c10-8-3-1-2-7(6-8)4-5-11-9(12)13/h1-3,6,11H,4-5H2,(H,12,13). The molecule has 0 saturated heterocycles. The van der Waals surface area contributed by atoms with Crippen molar-refractivity contribution in [3.8, 4) is 0 Å². The van der Waals surface area contributed by atoms with Crippen molar-refractivity contribution in [2.24, 2.45) is 0 Å². The van der Waals surface area contributed by atoms with E-state index in [1.54, 1.807) is 0 Å². The van der Waals surface area contributed by atoms with Crippen molar-refractivity contribution in [2.75, 3.05) is 6.54 Å². The molecule has 0 atom stereocenters. The number of benzene rings is 1. The molecule has 1 aromatic rings. The molecule has 0 heterocycles. The fourth-order valence-electron chi connectivity index (χ4n) is 1.01. The SMILES string of the molecule is O=C(O)NCCc1cccc(Br)c1. The van der Waals surface area contributed by atoms with Crippen molar-refractivity contribution in [3.05, 3.63) is 34.3 Å². The van der Waals surface area contributed by atoms with Crippen molar-refractivity contribution in [1.82, 2.24) is 5.32 Å². The van der Waals surface area contributed by atoms with Crippen LogP contribution < -0.4 is 5.32 Å². The highest BCUT2D eigenvalue weighted by molar-refractivity contribution is 9.10. The molecule has 0 aromatic heterocycles. The van der Waals surface area contributed by atoms with Gasteiger partial charge in [-0.05, 0) is 24.1 Å². The summed E-state index contributed by atoms with van der Waals surface area (Å²) in [5.41, 5.74) is 1.11. The molecule has 13 heavy (non-hydrogen) atoms. The van der Waals surface area contributed by atoms with Crippen molar-refractivity contribution in [3.63, 3.8) is 0 Å². The summed E-state index contributed by atoms with van der Waals surface area (Å²) in [5, 5.41) is 10.6. The van der Waals surface area contributed by atoms with E-state index in [1.165, 1.54) is 0 Å². The summed E-state index contributed by atoms with van der Waals surface area (Å²) in [4.78, 5) is 10.1. The first-order valence-corrected chi connectivity index (χ1v) is 4.69. The van der Waals surface area contributed by atoms with E-state index in [4.69, 9.17) is 5.11 Å². The Morgan fingerprint density at radius 1 is 1.54 bits per heavy atom. The highest BCUT2D eigenvalue weighted by Crippen LogP contribution is 2.11. The van der Waals surface area contributed by atoms with Gasteiger partial charge in [-0.3, -0.25) is 0 Å². The molecule has 3 nitrogen and oxygen atoms in total. The zero-order valence-electron chi connectivity index (χ0n) is 6.96. The molecule has 0 aliphatic carbocycles. The summed E-state index contributed by atoms with van der Waals surface area (Å²) in [5.74, 6) is 0. The van der Waals surface area contributed by atoms with Gasteiger partial charge < -0.3 is 10.4 Å². The normalized spacial score (nSPS) is 9.62. The molecular weight excluding hydrogens is 234 g/mol. The van der Waals surface area contributed by atoms with Crippen LogP contribution in [0.5, 0.6) is 0 Å². The summed E-state index contributed by atoms with van der Waals surface area (Å²) in [6.45, 7) is 0.450. The van der Waals surface area contributed by atoms with Crippen LogP contribution in [0.1, 0.15) is 5.56 Å². The molecule has 70 valence electrons. The predicted molar refractivity (Wildman–Crippen MR) is 53.9 cm³/mol. The van der Waals surface area contributed by atoms with Gasteiger partial charge in [-0.1, -0.05) is 28.1 Å². The molecule has 0 aliphatic heterocycles. The van der Waals surface area contributed by atoms with Crippen molar-refractivity contribution in [2.45, 2.75) is 6.42 Å². The van der Waals surface area contributed by atoms with Gasteiger partial charge in [0.05, 0.1) is 0 Å². The largest absolute Gasteiger partial charge is 0.465 e. The van der Waals surface area contributed by atoms with Gasteiger partial charge in [-0.15, -0.1) is 0 Å². The molecule has 1 amide bonds. The molecule has 0 fully saturated rings. The number of hydrogen-bond donors (Lipinski definition) is 2. The second kappa shape index (κ2) is 4.87. The third-order valence-electron chi connectivity index (χ3n) is 1.58. The number of amides is 1. The third-order valence-corrected chi connectivity index (χ3v) is 2.07. The smallest absolute Gasteiger partial charge is 0.404 e. The molecule has 0 aliphatic rings. The predicted octanol–water partition coefficient (Wildman–Crippen LogP) is 2.26. The molecule has 4 heteroatoms. The summed E-state index contributed by atoms with van der Waals surface area (Å²) in [6.07, 6.45) is -0.263. The lowest BCUT2D eigenvalue weighted by atomic mass is 10.1. The number of halogens is 1. The van der Waals surface area contributed by atoms with Crippen LogP contribution in [0.3, 0.4) is 0 Å². The second-order valence-corrected chi connectivity index (χ2v) is 3.53. The van der Waals surface area contributed by atoms with Crippen LogP contribution in [0.4, 0.5) is 4.79 Å². The lowest BCUT2D eigenvalue weighted by molar-refractivity contribution is 0.194. The maximum atomic E-state index is 10.1. The summed E-state index contributed by atoms with van der Waals surface area (Å²) < 4.78 is 1.01. The Labute approximate surface area is 84.9 Å². The molecule has 0 spiro atoms. The number of hydrogen-bond acceptors (Lipinski definition) is 1. The average Bonchev–Trinajstić information content (AvgIpc) is 2.03. The molecule has 0 radical (unpaired) electrons. The molecule has 0 unspecified atom stereocenters. The van der Waals surface area contributed by atoms with Gasteiger partial charge in [-0.25, -0.2) is 4.79 Å². The Hall–Kier alpha value is -1.03. The maximum absolute atomic E-state index is 10.1. The maximum Gasteiger partial charge on any atom is 0.404 e. The highest BCUT2D eigenvalue weighted by atomic mass is 79.9. The van der Waals surface area contributed by atoms with Gasteiger partial charge in [0.1, 0.15) is 0 Å². The highest BCUT2D eigenvalue weighted by Gasteiger charge is 1.96. The Bertz CT molecular complexity index is 301. The van der Waals surface area contributed by atoms with Crippen molar-refractivity contribution in [1.29, 1.82) is 0 Å². The minimum atomic E-state index is -0.977. The topological polar surface area (TPSA) is 49.3 Å². The van der Waals surface area contributed by atoms with Crippen LogP contribution in [-0.4, -0.2) is 17.7 Å². The monoisotopic (exact) mass is 243 g/mol. The number of carboxylic acid groups (broad SMARTS) is 1. The van der Waals surface area contributed by atoms with E-state index in [9.17, 15) is 4.79 Å². The van der Waals surface area contributed by atoms with Crippen LogP contribution in [0.15, 0.2) is 28.7 Å². The first-order valence-electron chi connectivity index (χ1n) is 3.90. The molecule has 2 N–H and O–H groups in total. The third kappa shape index (κ3) is 3.94. The number of carbonyl (C=O) groups is 1. The Kier molecular flexibility index (Phi) is 3.76. The lowest BCUT2D eigenvalue weighted by Gasteiger charge is -2.01. The van der Waals surface area contributed by atoms with Gasteiger partial charge in [0, 0.05) is 11.0 Å². The van der Waals surface area contributed by atoms with Crippen LogP contribution in [-0.2, 0) is 6.42 Å². The molecular formula is C9H10BrNO2. The van der Waals surface area contributed by atoms with Gasteiger partial charge in [-0.2, -0.15) is 0 Å². The van der Waals surface area contributed by atoms with E-state index in [0.29, 0.717) is 13.0 Å². The first kappa shape index (κ1) is 10.1. The lowest BCUT2D eigenvalue weighted by Crippen LogP contribution is -2.23. The van der Waals surface area contributed by atoms with Gasteiger partial charge in [0.15, 0.2) is 0 Å². The van der Waals surface area contributed by atoms with Crippen molar-refractivity contribution < 1.29 is 9.90 Å². The fourth-order valence-corrected chi connectivity index (χ4v) is 1.45. The Balaban J connectivity index is 2.41. The molecule has 0 bridgehead atoms. The minimum absolute atomic E-state index is 0.450. The summed E-state index contributed by atoms with van der Waals surface area (Å²) >= 11 is 3.35. The molecule has 0 saturated carbocycles. The van der Waals surface area contributed by atoms with Crippen LogP contribution in [0.25, 0.3) is 0 Å². The van der Waals surface area contributed by atoms with Crippen LogP contribution in [0, 0.1) is 0 Å². The first-order chi connectivity index (χ1) is 6.18. The molecule has 1 aromatic carbocycles.